The minimum Gasteiger partial charge on any atom is -0.492 e. The Labute approximate surface area is 156 Å². The van der Waals surface area contributed by atoms with Crippen molar-refractivity contribution >= 4 is 11.8 Å². The SMILES string of the molecule is CCNc1nc(C)cc(N2CCC(NCCOc3ccccc3)CC2)n1. The molecule has 0 unspecified atom stereocenters. The quantitative estimate of drug-likeness (QED) is 0.710. The molecular formula is C20H29N5O. The summed E-state index contributed by atoms with van der Waals surface area (Å²) in [6.45, 7) is 8.51. The van der Waals surface area contributed by atoms with Crippen LogP contribution in [0.25, 0.3) is 0 Å². The Morgan fingerprint density at radius 3 is 2.65 bits per heavy atom. The van der Waals surface area contributed by atoms with Crippen molar-refractivity contribution in [3.63, 3.8) is 0 Å². The third kappa shape index (κ3) is 5.33. The number of rotatable bonds is 8. The molecule has 0 radical (unpaired) electrons. The largest absolute Gasteiger partial charge is 0.492 e. The number of aromatic nitrogens is 2. The molecule has 2 heterocycles. The average molecular weight is 355 g/mol. The highest BCUT2D eigenvalue weighted by atomic mass is 16.5. The number of nitrogens with one attached hydrogen (secondary N) is 2. The Morgan fingerprint density at radius 1 is 1.15 bits per heavy atom. The fourth-order valence-corrected chi connectivity index (χ4v) is 3.21. The van der Waals surface area contributed by atoms with Crippen LogP contribution >= 0.6 is 0 Å². The second-order valence-corrected chi connectivity index (χ2v) is 6.60. The van der Waals surface area contributed by atoms with Crippen LogP contribution < -0.4 is 20.3 Å². The number of ether oxygens (including phenoxy) is 1. The summed E-state index contributed by atoms with van der Waals surface area (Å²) in [4.78, 5) is 11.4. The zero-order valence-corrected chi connectivity index (χ0v) is 15.7. The summed E-state index contributed by atoms with van der Waals surface area (Å²) in [6, 6.07) is 12.6. The predicted molar refractivity (Wildman–Crippen MR) is 106 cm³/mol. The molecule has 1 saturated heterocycles. The molecule has 0 atom stereocenters. The molecule has 1 aromatic heterocycles. The normalized spacial score (nSPS) is 15.1. The van der Waals surface area contributed by atoms with E-state index in [0.717, 1.165) is 62.2 Å². The Kier molecular flexibility index (Phi) is 6.66. The van der Waals surface area contributed by atoms with Crippen molar-refractivity contribution in [2.24, 2.45) is 0 Å². The highest BCUT2D eigenvalue weighted by Gasteiger charge is 2.20. The monoisotopic (exact) mass is 355 g/mol. The molecule has 2 aromatic rings. The molecule has 6 nitrogen and oxygen atoms in total. The Morgan fingerprint density at radius 2 is 1.92 bits per heavy atom. The Balaban J connectivity index is 1.41. The van der Waals surface area contributed by atoms with Crippen LogP contribution in [0.15, 0.2) is 36.4 Å². The summed E-state index contributed by atoms with van der Waals surface area (Å²) in [5.41, 5.74) is 1.00. The van der Waals surface area contributed by atoms with Gasteiger partial charge in [-0.15, -0.1) is 0 Å². The number of hydrogen-bond donors (Lipinski definition) is 2. The summed E-state index contributed by atoms with van der Waals surface area (Å²) in [5.74, 6) is 2.68. The fourth-order valence-electron chi connectivity index (χ4n) is 3.21. The zero-order valence-electron chi connectivity index (χ0n) is 15.7. The molecule has 2 N–H and O–H groups in total. The van der Waals surface area contributed by atoms with Crippen LogP contribution in [0.3, 0.4) is 0 Å². The van der Waals surface area contributed by atoms with Gasteiger partial charge in [0.05, 0.1) is 0 Å². The van der Waals surface area contributed by atoms with Gasteiger partial charge < -0.3 is 20.3 Å². The predicted octanol–water partition coefficient (Wildman–Crippen LogP) is 2.85. The van der Waals surface area contributed by atoms with E-state index in [1.54, 1.807) is 0 Å². The van der Waals surface area contributed by atoms with Crippen LogP contribution in [0.4, 0.5) is 11.8 Å². The van der Waals surface area contributed by atoms with E-state index in [1.165, 1.54) is 0 Å². The smallest absolute Gasteiger partial charge is 0.224 e. The first-order valence-corrected chi connectivity index (χ1v) is 9.50. The molecule has 0 aliphatic carbocycles. The molecule has 0 saturated carbocycles. The van der Waals surface area contributed by atoms with Crippen molar-refractivity contribution in [2.45, 2.75) is 32.7 Å². The van der Waals surface area contributed by atoms with Gasteiger partial charge in [0.15, 0.2) is 0 Å². The van der Waals surface area contributed by atoms with E-state index < -0.39 is 0 Å². The van der Waals surface area contributed by atoms with Crippen molar-refractivity contribution < 1.29 is 4.74 Å². The van der Waals surface area contributed by atoms with E-state index in [4.69, 9.17) is 4.74 Å². The summed E-state index contributed by atoms with van der Waals surface area (Å²) in [6.07, 6.45) is 2.23. The lowest BCUT2D eigenvalue weighted by atomic mass is 10.1. The lowest BCUT2D eigenvalue weighted by Crippen LogP contribution is -2.44. The third-order valence-corrected chi connectivity index (χ3v) is 4.54. The van der Waals surface area contributed by atoms with E-state index in [9.17, 15) is 0 Å². The van der Waals surface area contributed by atoms with Gasteiger partial charge in [-0.05, 0) is 38.8 Å². The van der Waals surface area contributed by atoms with Gasteiger partial charge in [-0.2, -0.15) is 4.98 Å². The number of para-hydroxylation sites is 1. The first-order chi connectivity index (χ1) is 12.7. The topological polar surface area (TPSA) is 62.3 Å². The van der Waals surface area contributed by atoms with Crippen molar-refractivity contribution in [1.29, 1.82) is 0 Å². The number of benzene rings is 1. The van der Waals surface area contributed by atoms with Crippen LogP contribution in [0, 0.1) is 6.92 Å². The minimum atomic E-state index is 0.543. The van der Waals surface area contributed by atoms with E-state index in [2.05, 4.69) is 38.5 Å². The number of anilines is 2. The molecule has 1 aliphatic rings. The standard InChI is InChI=1S/C20H29N5O/c1-3-21-20-23-16(2)15-19(24-20)25-12-9-17(10-13-25)22-11-14-26-18-7-5-4-6-8-18/h4-8,15,17,22H,3,9-14H2,1-2H3,(H,21,23,24). The third-order valence-electron chi connectivity index (χ3n) is 4.54. The minimum absolute atomic E-state index is 0.543. The van der Waals surface area contributed by atoms with E-state index in [1.807, 2.05) is 37.3 Å². The Bertz CT molecular complexity index is 671. The highest BCUT2D eigenvalue weighted by molar-refractivity contribution is 5.45. The van der Waals surface area contributed by atoms with E-state index in [0.29, 0.717) is 12.6 Å². The second-order valence-electron chi connectivity index (χ2n) is 6.60. The maximum Gasteiger partial charge on any atom is 0.224 e. The molecule has 0 amide bonds. The maximum absolute atomic E-state index is 5.74. The van der Waals surface area contributed by atoms with Crippen molar-refractivity contribution in [1.82, 2.24) is 15.3 Å². The van der Waals surface area contributed by atoms with Gasteiger partial charge >= 0.3 is 0 Å². The van der Waals surface area contributed by atoms with Crippen LogP contribution in [0.2, 0.25) is 0 Å². The van der Waals surface area contributed by atoms with Gasteiger partial charge in [0.25, 0.3) is 0 Å². The van der Waals surface area contributed by atoms with Crippen LogP contribution in [-0.2, 0) is 0 Å². The molecule has 3 rings (SSSR count). The number of nitrogens with zero attached hydrogens (tertiary/aromatic N) is 3. The molecule has 26 heavy (non-hydrogen) atoms. The number of aryl methyl sites for hydroxylation is 1. The summed E-state index contributed by atoms with van der Waals surface area (Å²) >= 11 is 0. The molecule has 1 aliphatic heterocycles. The van der Waals surface area contributed by atoms with E-state index >= 15 is 0 Å². The Hall–Kier alpha value is -2.34. The first kappa shape index (κ1) is 18.5. The molecular weight excluding hydrogens is 326 g/mol. The summed E-state index contributed by atoms with van der Waals surface area (Å²) < 4.78 is 5.74. The van der Waals surface area contributed by atoms with Gasteiger partial charge in [0.2, 0.25) is 5.95 Å². The number of piperidine rings is 1. The van der Waals surface area contributed by atoms with Crippen LogP contribution in [0.5, 0.6) is 5.75 Å². The average Bonchev–Trinajstić information content (AvgIpc) is 2.66. The van der Waals surface area contributed by atoms with Gasteiger partial charge in [0.1, 0.15) is 18.2 Å². The molecule has 6 heteroatoms. The van der Waals surface area contributed by atoms with Crippen LogP contribution in [0.1, 0.15) is 25.5 Å². The highest BCUT2D eigenvalue weighted by Crippen LogP contribution is 2.20. The zero-order chi connectivity index (χ0) is 18.2. The molecule has 140 valence electrons. The van der Waals surface area contributed by atoms with Gasteiger partial charge in [-0.25, -0.2) is 4.98 Å². The molecule has 0 bridgehead atoms. The lowest BCUT2D eigenvalue weighted by molar-refractivity contribution is 0.296. The first-order valence-electron chi connectivity index (χ1n) is 9.50. The molecule has 0 spiro atoms. The van der Waals surface area contributed by atoms with Crippen molar-refractivity contribution in [2.75, 3.05) is 43.0 Å². The fraction of sp³-hybridized carbons (Fsp3) is 0.500. The van der Waals surface area contributed by atoms with Gasteiger partial charge in [0, 0.05) is 44.0 Å². The maximum atomic E-state index is 5.74. The summed E-state index contributed by atoms with van der Waals surface area (Å²) in [5, 5.41) is 6.82. The second kappa shape index (κ2) is 9.38. The summed E-state index contributed by atoms with van der Waals surface area (Å²) in [7, 11) is 0. The lowest BCUT2D eigenvalue weighted by Gasteiger charge is -2.33. The number of hydrogen-bond acceptors (Lipinski definition) is 6. The van der Waals surface area contributed by atoms with Crippen molar-refractivity contribution in [3.05, 3.63) is 42.1 Å². The van der Waals surface area contributed by atoms with E-state index in [-0.39, 0.29) is 0 Å². The van der Waals surface area contributed by atoms with Crippen molar-refractivity contribution in [3.8, 4) is 5.75 Å². The molecule has 1 aromatic carbocycles. The van der Waals surface area contributed by atoms with Gasteiger partial charge in [-0.1, -0.05) is 18.2 Å². The molecule has 1 fully saturated rings. The van der Waals surface area contributed by atoms with Crippen LogP contribution in [-0.4, -0.2) is 48.8 Å². The van der Waals surface area contributed by atoms with Gasteiger partial charge in [-0.3, -0.25) is 0 Å².